The minimum absolute atomic E-state index is 0.149. The predicted molar refractivity (Wildman–Crippen MR) is 65.2 cm³/mol. The maximum atomic E-state index is 11.1. The Morgan fingerprint density at radius 1 is 1.59 bits per heavy atom. The van der Waals surface area contributed by atoms with Gasteiger partial charge in [-0.15, -0.1) is 0 Å². The lowest BCUT2D eigenvalue weighted by molar-refractivity contribution is -0.384. The third-order valence-electron chi connectivity index (χ3n) is 3.28. The highest BCUT2D eigenvalue weighted by Crippen LogP contribution is 2.34. The van der Waals surface area contributed by atoms with Gasteiger partial charge in [0, 0.05) is 31.2 Å². The first-order chi connectivity index (χ1) is 8.13. The van der Waals surface area contributed by atoms with Gasteiger partial charge in [-0.05, 0) is 19.4 Å². The number of benzene rings is 1. The Kier molecular flexibility index (Phi) is 3.28. The molecule has 1 aliphatic rings. The number of hydrogen-bond acceptors (Lipinski definition) is 4. The van der Waals surface area contributed by atoms with Gasteiger partial charge in [0.15, 0.2) is 0 Å². The van der Waals surface area contributed by atoms with Gasteiger partial charge >= 0.3 is 0 Å². The molecule has 0 bridgehead atoms. The second kappa shape index (κ2) is 4.71. The van der Waals surface area contributed by atoms with E-state index in [-0.39, 0.29) is 23.1 Å². The number of aliphatic hydroxyl groups is 1. The molecular formula is C12H16N2O3. The first-order valence-electron chi connectivity index (χ1n) is 5.73. The van der Waals surface area contributed by atoms with Gasteiger partial charge in [0.25, 0.3) is 5.69 Å². The number of aryl methyl sites for hydroxylation is 1. The molecular weight excluding hydrogens is 220 g/mol. The SMILES string of the molecule is Cc1cccc(N2CCC(CO)C2)c1[N+](=O)[O-]. The molecule has 1 aromatic carbocycles. The number of para-hydroxylation sites is 1. The summed E-state index contributed by atoms with van der Waals surface area (Å²) < 4.78 is 0. The monoisotopic (exact) mass is 236 g/mol. The van der Waals surface area contributed by atoms with Crippen LogP contribution in [0.15, 0.2) is 18.2 Å². The molecule has 0 radical (unpaired) electrons. The summed E-state index contributed by atoms with van der Waals surface area (Å²) >= 11 is 0. The molecule has 0 aliphatic carbocycles. The van der Waals surface area contributed by atoms with Crippen molar-refractivity contribution >= 4 is 11.4 Å². The largest absolute Gasteiger partial charge is 0.396 e. The van der Waals surface area contributed by atoms with E-state index in [2.05, 4.69) is 0 Å². The molecule has 1 unspecified atom stereocenters. The van der Waals surface area contributed by atoms with Crippen molar-refractivity contribution in [1.29, 1.82) is 0 Å². The molecule has 1 aromatic rings. The van der Waals surface area contributed by atoms with Crippen LogP contribution < -0.4 is 4.90 Å². The number of rotatable bonds is 3. The molecule has 5 heteroatoms. The second-order valence-corrected chi connectivity index (χ2v) is 4.48. The third kappa shape index (κ3) is 2.24. The average molecular weight is 236 g/mol. The van der Waals surface area contributed by atoms with E-state index in [1.807, 2.05) is 11.0 Å². The molecule has 17 heavy (non-hydrogen) atoms. The smallest absolute Gasteiger partial charge is 0.295 e. The Balaban J connectivity index is 2.33. The normalized spacial score (nSPS) is 19.6. The molecule has 0 amide bonds. The molecule has 1 N–H and O–H groups in total. The third-order valence-corrected chi connectivity index (χ3v) is 3.28. The van der Waals surface area contributed by atoms with Crippen LogP contribution in [-0.2, 0) is 0 Å². The quantitative estimate of drug-likeness (QED) is 0.641. The highest BCUT2D eigenvalue weighted by Gasteiger charge is 2.27. The van der Waals surface area contributed by atoms with E-state index < -0.39 is 0 Å². The molecule has 5 nitrogen and oxygen atoms in total. The summed E-state index contributed by atoms with van der Waals surface area (Å²) in [6, 6.07) is 5.37. The molecule has 1 saturated heterocycles. The second-order valence-electron chi connectivity index (χ2n) is 4.48. The van der Waals surface area contributed by atoms with E-state index in [0.717, 1.165) is 13.0 Å². The van der Waals surface area contributed by atoms with Crippen molar-refractivity contribution in [3.63, 3.8) is 0 Å². The summed E-state index contributed by atoms with van der Waals surface area (Å²) in [7, 11) is 0. The lowest BCUT2D eigenvalue weighted by atomic mass is 10.1. The predicted octanol–water partition coefficient (Wildman–Crippen LogP) is 1.72. The molecule has 2 rings (SSSR count). The van der Waals surface area contributed by atoms with Gasteiger partial charge in [0.2, 0.25) is 0 Å². The molecule has 1 heterocycles. The lowest BCUT2D eigenvalue weighted by Crippen LogP contribution is -2.21. The van der Waals surface area contributed by atoms with Crippen LogP contribution in [0.2, 0.25) is 0 Å². The number of nitro benzene ring substituents is 1. The fourth-order valence-electron chi connectivity index (χ4n) is 2.34. The Labute approximate surface area is 99.8 Å². The number of nitrogens with zero attached hydrogens (tertiary/aromatic N) is 2. The Bertz CT molecular complexity index is 434. The van der Waals surface area contributed by atoms with Gasteiger partial charge in [-0.25, -0.2) is 0 Å². The zero-order valence-electron chi connectivity index (χ0n) is 9.80. The molecule has 0 saturated carbocycles. The first kappa shape index (κ1) is 11.9. The Morgan fingerprint density at radius 3 is 2.94 bits per heavy atom. The van der Waals surface area contributed by atoms with Crippen LogP contribution in [0.25, 0.3) is 0 Å². The molecule has 1 aliphatic heterocycles. The summed E-state index contributed by atoms with van der Waals surface area (Å²) in [5.41, 5.74) is 1.54. The number of anilines is 1. The Morgan fingerprint density at radius 2 is 2.35 bits per heavy atom. The number of nitro groups is 1. The van der Waals surface area contributed by atoms with E-state index >= 15 is 0 Å². The highest BCUT2D eigenvalue weighted by atomic mass is 16.6. The van der Waals surface area contributed by atoms with Crippen LogP contribution in [-0.4, -0.2) is 29.7 Å². The van der Waals surface area contributed by atoms with Crippen LogP contribution in [0.4, 0.5) is 11.4 Å². The van der Waals surface area contributed by atoms with Crippen molar-refractivity contribution in [3.05, 3.63) is 33.9 Å². The van der Waals surface area contributed by atoms with Crippen molar-refractivity contribution in [2.75, 3.05) is 24.6 Å². The molecule has 0 aromatic heterocycles. The lowest BCUT2D eigenvalue weighted by Gasteiger charge is -2.18. The van der Waals surface area contributed by atoms with E-state index in [1.54, 1.807) is 19.1 Å². The minimum Gasteiger partial charge on any atom is -0.396 e. The zero-order chi connectivity index (χ0) is 12.4. The first-order valence-corrected chi connectivity index (χ1v) is 5.73. The van der Waals surface area contributed by atoms with Crippen LogP contribution in [0.5, 0.6) is 0 Å². The van der Waals surface area contributed by atoms with Crippen LogP contribution in [0.3, 0.4) is 0 Å². The van der Waals surface area contributed by atoms with Gasteiger partial charge in [-0.2, -0.15) is 0 Å². The van der Waals surface area contributed by atoms with E-state index in [4.69, 9.17) is 5.11 Å². The number of hydrogen-bond donors (Lipinski definition) is 1. The van der Waals surface area contributed by atoms with Gasteiger partial charge < -0.3 is 10.0 Å². The maximum Gasteiger partial charge on any atom is 0.295 e. The van der Waals surface area contributed by atoms with E-state index in [9.17, 15) is 10.1 Å². The summed E-state index contributed by atoms with van der Waals surface area (Å²) in [4.78, 5) is 12.7. The zero-order valence-corrected chi connectivity index (χ0v) is 9.80. The highest BCUT2D eigenvalue weighted by molar-refractivity contribution is 5.67. The van der Waals surface area contributed by atoms with Crippen molar-refractivity contribution in [2.24, 2.45) is 5.92 Å². The van der Waals surface area contributed by atoms with Crippen molar-refractivity contribution < 1.29 is 10.0 Å². The molecule has 1 fully saturated rings. The fourth-order valence-corrected chi connectivity index (χ4v) is 2.34. The molecule has 92 valence electrons. The van der Waals surface area contributed by atoms with Crippen LogP contribution >= 0.6 is 0 Å². The topological polar surface area (TPSA) is 66.6 Å². The fraction of sp³-hybridized carbons (Fsp3) is 0.500. The maximum absolute atomic E-state index is 11.1. The van der Waals surface area contributed by atoms with Crippen molar-refractivity contribution in [3.8, 4) is 0 Å². The van der Waals surface area contributed by atoms with Gasteiger partial charge in [0.05, 0.1) is 4.92 Å². The van der Waals surface area contributed by atoms with Gasteiger partial charge in [-0.3, -0.25) is 10.1 Å². The minimum atomic E-state index is -0.322. The van der Waals surface area contributed by atoms with Gasteiger partial charge in [0.1, 0.15) is 5.69 Å². The summed E-state index contributed by atoms with van der Waals surface area (Å²) in [6.07, 6.45) is 0.890. The van der Waals surface area contributed by atoms with E-state index in [1.165, 1.54) is 0 Å². The van der Waals surface area contributed by atoms with Crippen LogP contribution in [0, 0.1) is 23.0 Å². The van der Waals surface area contributed by atoms with Crippen LogP contribution in [0.1, 0.15) is 12.0 Å². The van der Waals surface area contributed by atoms with Crippen molar-refractivity contribution in [2.45, 2.75) is 13.3 Å². The van der Waals surface area contributed by atoms with Crippen molar-refractivity contribution in [1.82, 2.24) is 0 Å². The molecule has 1 atom stereocenters. The summed E-state index contributed by atoms with van der Waals surface area (Å²) in [6.45, 7) is 3.37. The van der Waals surface area contributed by atoms with Gasteiger partial charge in [-0.1, -0.05) is 12.1 Å². The summed E-state index contributed by atoms with van der Waals surface area (Å²) in [5, 5.41) is 20.2. The average Bonchev–Trinajstić information content (AvgIpc) is 2.76. The van der Waals surface area contributed by atoms with E-state index in [0.29, 0.717) is 17.8 Å². The number of aliphatic hydroxyl groups excluding tert-OH is 1. The Hall–Kier alpha value is -1.62. The standard InChI is InChI=1S/C12H16N2O3/c1-9-3-2-4-11(12(9)14(16)17)13-6-5-10(7-13)8-15/h2-4,10,15H,5-8H2,1H3. The summed E-state index contributed by atoms with van der Waals surface area (Å²) in [5.74, 6) is 0.232. The molecule has 0 spiro atoms.